The van der Waals surface area contributed by atoms with E-state index >= 15 is 0 Å². The fraction of sp³-hybridized carbons (Fsp3) is 0.125. The number of nitrogen functional groups attached to an aromatic ring is 1. The van der Waals surface area contributed by atoms with Gasteiger partial charge < -0.3 is 5.73 Å². The molecule has 72 valence electrons. The van der Waals surface area contributed by atoms with E-state index < -0.39 is 0 Å². The average Bonchev–Trinajstić information content (AvgIpc) is 2.50. The second-order valence-corrected chi connectivity index (χ2v) is 3.26. The van der Waals surface area contributed by atoms with Crippen molar-refractivity contribution >= 4 is 17.5 Å². The molecule has 2 aromatic heterocycles. The predicted octanol–water partition coefficient (Wildman–Crippen LogP) is 1.21. The Kier molecular flexibility index (Phi) is 2.09. The van der Waals surface area contributed by atoms with Crippen LogP contribution in [0.5, 0.6) is 0 Å². The highest BCUT2D eigenvalue weighted by Gasteiger charge is 2.03. The third-order valence-electron chi connectivity index (χ3n) is 1.65. The minimum absolute atomic E-state index is 0.139. The second kappa shape index (κ2) is 3.26. The summed E-state index contributed by atoms with van der Waals surface area (Å²) in [5.41, 5.74) is 6.50. The van der Waals surface area contributed by atoms with Gasteiger partial charge in [0.15, 0.2) is 5.82 Å². The van der Waals surface area contributed by atoms with Crippen LogP contribution in [-0.4, -0.2) is 19.7 Å². The van der Waals surface area contributed by atoms with E-state index in [1.54, 1.807) is 16.9 Å². The summed E-state index contributed by atoms with van der Waals surface area (Å²) in [4.78, 5) is 7.76. The maximum atomic E-state index is 5.73. The molecular weight excluding hydrogens is 202 g/mol. The lowest BCUT2D eigenvalue weighted by Gasteiger charge is -2.00. The number of hydrogen-bond acceptors (Lipinski definition) is 4. The summed E-state index contributed by atoms with van der Waals surface area (Å²) in [5, 5.41) is 4.39. The molecule has 0 fully saturated rings. The van der Waals surface area contributed by atoms with Gasteiger partial charge in [-0.15, -0.1) is 0 Å². The summed E-state index contributed by atoms with van der Waals surface area (Å²) in [7, 11) is 0. The Morgan fingerprint density at radius 1 is 1.43 bits per heavy atom. The molecule has 6 heteroatoms. The zero-order valence-electron chi connectivity index (χ0n) is 7.48. The van der Waals surface area contributed by atoms with Crippen LogP contribution in [0.1, 0.15) is 5.56 Å². The molecule has 0 atom stereocenters. The monoisotopic (exact) mass is 209 g/mol. The molecule has 2 N–H and O–H groups in total. The number of hydrogen-bond donors (Lipinski definition) is 1. The van der Waals surface area contributed by atoms with Crippen LogP contribution in [0.2, 0.25) is 5.15 Å². The molecule has 2 heterocycles. The Morgan fingerprint density at radius 2 is 2.21 bits per heavy atom. The van der Waals surface area contributed by atoms with Gasteiger partial charge in [0, 0.05) is 12.3 Å². The van der Waals surface area contributed by atoms with Crippen LogP contribution in [0.15, 0.2) is 18.5 Å². The predicted molar refractivity (Wildman–Crippen MR) is 53.3 cm³/mol. The van der Waals surface area contributed by atoms with Gasteiger partial charge in [-0.05, 0) is 12.5 Å². The van der Waals surface area contributed by atoms with Crippen LogP contribution in [-0.2, 0) is 0 Å². The molecule has 0 saturated heterocycles. The van der Waals surface area contributed by atoms with Gasteiger partial charge in [0.2, 0.25) is 5.95 Å². The first-order valence-corrected chi connectivity index (χ1v) is 4.34. The molecule has 0 bridgehead atoms. The molecule has 0 aliphatic heterocycles. The van der Waals surface area contributed by atoms with Crippen molar-refractivity contribution < 1.29 is 0 Å². The maximum Gasteiger partial charge on any atom is 0.223 e. The summed E-state index contributed by atoms with van der Waals surface area (Å²) in [5.74, 6) is 0.705. The Labute approximate surface area is 85.5 Å². The molecule has 14 heavy (non-hydrogen) atoms. The molecule has 2 rings (SSSR count). The van der Waals surface area contributed by atoms with E-state index in [2.05, 4.69) is 15.1 Å². The van der Waals surface area contributed by atoms with Crippen LogP contribution >= 0.6 is 11.6 Å². The van der Waals surface area contributed by atoms with Crippen molar-refractivity contribution in [2.75, 3.05) is 5.73 Å². The van der Waals surface area contributed by atoms with Gasteiger partial charge in [0.25, 0.3) is 0 Å². The zero-order valence-corrected chi connectivity index (χ0v) is 8.23. The standard InChI is InChI=1S/C8H8ClN5/c1-5-3-11-14(4-5)7-2-6(9)12-8(10)13-7/h2-4H,1H3,(H2,10,12,13). The molecule has 0 saturated carbocycles. The first-order chi connectivity index (χ1) is 6.65. The van der Waals surface area contributed by atoms with Gasteiger partial charge >= 0.3 is 0 Å². The maximum absolute atomic E-state index is 5.73. The lowest BCUT2D eigenvalue weighted by atomic mass is 10.4. The molecule has 0 aliphatic carbocycles. The number of rotatable bonds is 1. The van der Waals surface area contributed by atoms with Crippen LogP contribution in [0.4, 0.5) is 5.95 Å². The van der Waals surface area contributed by atoms with E-state index in [0.717, 1.165) is 5.56 Å². The van der Waals surface area contributed by atoms with Crippen LogP contribution < -0.4 is 5.73 Å². The Morgan fingerprint density at radius 3 is 2.79 bits per heavy atom. The highest BCUT2D eigenvalue weighted by molar-refractivity contribution is 6.29. The Hall–Kier alpha value is -1.62. The molecule has 0 spiro atoms. The normalized spacial score (nSPS) is 10.4. The van der Waals surface area contributed by atoms with Crippen LogP contribution in [0.25, 0.3) is 5.82 Å². The van der Waals surface area contributed by atoms with Crippen molar-refractivity contribution in [3.8, 4) is 5.82 Å². The van der Waals surface area contributed by atoms with Crippen LogP contribution in [0.3, 0.4) is 0 Å². The molecule has 0 aliphatic rings. The number of halogens is 1. The molecule has 0 amide bonds. The van der Waals surface area contributed by atoms with Gasteiger partial charge in [-0.25, -0.2) is 9.67 Å². The van der Waals surface area contributed by atoms with E-state index in [1.165, 1.54) is 0 Å². The number of aromatic nitrogens is 4. The van der Waals surface area contributed by atoms with E-state index in [9.17, 15) is 0 Å². The number of nitrogens with zero attached hydrogens (tertiary/aromatic N) is 4. The highest BCUT2D eigenvalue weighted by Crippen LogP contribution is 2.11. The number of aryl methyl sites for hydroxylation is 1. The minimum atomic E-state index is 0.139. The van der Waals surface area contributed by atoms with E-state index in [4.69, 9.17) is 17.3 Å². The van der Waals surface area contributed by atoms with Gasteiger partial charge in [-0.2, -0.15) is 10.1 Å². The van der Waals surface area contributed by atoms with Gasteiger partial charge in [-0.3, -0.25) is 0 Å². The molecular formula is C8H8ClN5. The third kappa shape index (κ3) is 1.67. The average molecular weight is 210 g/mol. The van der Waals surface area contributed by atoms with E-state index in [-0.39, 0.29) is 5.95 Å². The summed E-state index contributed by atoms with van der Waals surface area (Å²) in [6, 6.07) is 1.60. The highest BCUT2D eigenvalue weighted by atomic mass is 35.5. The second-order valence-electron chi connectivity index (χ2n) is 2.87. The van der Waals surface area contributed by atoms with Crippen molar-refractivity contribution in [3.05, 3.63) is 29.2 Å². The minimum Gasteiger partial charge on any atom is -0.368 e. The first-order valence-electron chi connectivity index (χ1n) is 3.97. The van der Waals surface area contributed by atoms with E-state index in [1.807, 2.05) is 13.1 Å². The fourth-order valence-corrected chi connectivity index (χ4v) is 1.26. The summed E-state index contributed by atoms with van der Waals surface area (Å²) >= 11 is 5.73. The SMILES string of the molecule is Cc1cnn(-c2cc(Cl)nc(N)n2)c1. The molecule has 2 aromatic rings. The van der Waals surface area contributed by atoms with Crippen molar-refractivity contribution in [1.82, 2.24) is 19.7 Å². The third-order valence-corrected chi connectivity index (χ3v) is 1.84. The van der Waals surface area contributed by atoms with Gasteiger partial charge in [0.05, 0.1) is 6.20 Å². The molecule has 0 aromatic carbocycles. The lowest BCUT2D eigenvalue weighted by Crippen LogP contribution is -2.02. The number of nitrogens with two attached hydrogens (primary N) is 1. The Bertz CT molecular complexity index is 444. The van der Waals surface area contributed by atoms with E-state index in [0.29, 0.717) is 11.0 Å². The van der Waals surface area contributed by atoms with Crippen molar-refractivity contribution in [1.29, 1.82) is 0 Å². The number of anilines is 1. The molecule has 0 radical (unpaired) electrons. The summed E-state index contributed by atoms with van der Waals surface area (Å²) in [6.45, 7) is 1.94. The fourth-order valence-electron chi connectivity index (χ4n) is 1.08. The first kappa shape index (κ1) is 8.96. The van der Waals surface area contributed by atoms with Crippen molar-refractivity contribution in [3.63, 3.8) is 0 Å². The van der Waals surface area contributed by atoms with Crippen molar-refractivity contribution in [2.24, 2.45) is 0 Å². The summed E-state index contributed by atoms with van der Waals surface area (Å²) < 4.78 is 1.60. The largest absolute Gasteiger partial charge is 0.368 e. The quantitative estimate of drug-likeness (QED) is 0.717. The smallest absolute Gasteiger partial charge is 0.223 e. The molecule has 0 unspecified atom stereocenters. The van der Waals surface area contributed by atoms with Crippen molar-refractivity contribution in [2.45, 2.75) is 6.92 Å². The van der Waals surface area contributed by atoms with Gasteiger partial charge in [-0.1, -0.05) is 11.6 Å². The zero-order chi connectivity index (χ0) is 10.1. The topological polar surface area (TPSA) is 69.6 Å². The Balaban J connectivity index is 2.51. The van der Waals surface area contributed by atoms with Crippen LogP contribution in [0, 0.1) is 6.92 Å². The lowest BCUT2D eigenvalue weighted by molar-refractivity contribution is 0.842. The van der Waals surface area contributed by atoms with Gasteiger partial charge in [0.1, 0.15) is 5.15 Å². The summed E-state index contributed by atoms with van der Waals surface area (Å²) in [6.07, 6.45) is 3.56. The molecule has 5 nitrogen and oxygen atoms in total.